The molecule has 2 atom stereocenters. The molecule has 0 aromatic heterocycles. The second kappa shape index (κ2) is 8.45. The highest BCUT2D eigenvalue weighted by Crippen LogP contribution is 2.08. The molecule has 5 nitrogen and oxygen atoms in total. The van der Waals surface area contributed by atoms with Crippen molar-refractivity contribution in [3.05, 3.63) is 0 Å². The summed E-state index contributed by atoms with van der Waals surface area (Å²) < 4.78 is 16.5. The summed E-state index contributed by atoms with van der Waals surface area (Å²) in [4.78, 5) is 10.3. The Hall–Kier alpha value is -0.650. The van der Waals surface area contributed by atoms with Crippen LogP contribution in [-0.4, -0.2) is 48.7 Å². The van der Waals surface area contributed by atoms with E-state index in [2.05, 4.69) is 0 Å². The molecule has 0 saturated carbocycles. The van der Waals surface area contributed by atoms with Gasteiger partial charge in [-0.1, -0.05) is 0 Å². The third-order valence-corrected chi connectivity index (χ3v) is 2.08. The van der Waals surface area contributed by atoms with Gasteiger partial charge < -0.3 is 19.3 Å². The minimum Gasteiger partial charge on any atom is -0.481 e. The van der Waals surface area contributed by atoms with Gasteiger partial charge in [-0.3, -0.25) is 4.79 Å². The Bertz CT molecular complexity index is 234. The molecule has 0 spiro atoms. The van der Waals surface area contributed by atoms with E-state index in [9.17, 15) is 4.79 Å². The second-order valence-electron chi connectivity index (χ2n) is 5.39. The number of aliphatic carboxylic acids is 1. The van der Waals surface area contributed by atoms with Crippen molar-refractivity contribution in [3.63, 3.8) is 0 Å². The molecule has 2 unspecified atom stereocenters. The zero-order valence-electron chi connectivity index (χ0n) is 12.1. The summed E-state index contributed by atoms with van der Waals surface area (Å²) in [6.07, 6.45) is -0.0938. The average molecular weight is 262 g/mol. The Morgan fingerprint density at radius 3 is 2.17 bits per heavy atom. The summed E-state index contributed by atoms with van der Waals surface area (Å²) in [6.45, 7) is 11.0. The molecule has 0 fully saturated rings. The van der Waals surface area contributed by atoms with Gasteiger partial charge in [-0.2, -0.15) is 0 Å². The molecule has 1 N–H and O–H groups in total. The van der Waals surface area contributed by atoms with E-state index in [0.717, 1.165) is 0 Å². The van der Waals surface area contributed by atoms with Crippen molar-refractivity contribution >= 4 is 5.97 Å². The molecule has 0 amide bonds. The molecule has 108 valence electrons. The van der Waals surface area contributed by atoms with Crippen LogP contribution in [0, 0.1) is 0 Å². The van der Waals surface area contributed by atoms with Crippen LogP contribution in [0.15, 0.2) is 0 Å². The average Bonchev–Trinajstić information content (AvgIpc) is 2.22. The summed E-state index contributed by atoms with van der Waals surface area (Å²) in [7, 11) is 0. The minimum atomic E-state index is -0.852. The molecule has 0 aliphatic rings. The fourth-order valence-electron chi connectivity index (χ4n) is 1.11. The molecule has 0 rings (SSSR count). The zero-order valence-corrected chi connectivity index (χ0v) is 12.1. The molecule has 0 heterocycles. The Morgan fingerprint density at radius 2 is 1.67 bits per heavy atom. The number of hydrogen-bond donors (Lipinski definition) is 1. The molecule has 0 aromatic carbocycles. The summed E-state index contributed by atoms with van der Waals surface area (Å²) in [6, 6.07) is 0. The summed E-state index contributed by atoms with van der Waals surface area (Å²) >= 11 is 0. The van der Waals surface area contributed by atoms with Gasteiger partial charge in [0, 0.05) is 0 Å². The lowest BCUT2D eigenvalue weighted by Crippen LogP contribution is -2.28. The van der Waals surface area contributed by atoms with Crippen LogP contribution in [0.4, 0.5) is 0 Å². The van der Waals surface area contributed by atoms with E-state index in [4.69, 9.17) is 19.3 Å². The van der Waals surface area contributed by atoms with Crippen molar-refractivity contribution in [3.8, 4) is 0 Å². The third-order valence-electron chi connectivity index (χ3n) is 2.08. The first-order valence-corrected chi connectivity index (χ1v) is 6.29. The fourth-order valence-corrected chi connectivity index (χ4v) is 1.11. The quantitative estimate of drug-likeness (QED) is 0.689. The van der Waals surface area contributed by atoms with Crippen LogP contribution in [0.3, 0.4) is 0 Å². The Balaban J connectivity index is 3.58. The largest absolute Gasteiger partial charge is 0.481 e. The number of carbonyl (C=O) groups is 1. The van der Waals surface area contributed by atoms with E-state index in [-0.39, 0.29) is 30.8 Å². The van der Waals surface area contributed by atoms with Crippen LogP contribution in [-0.2, 0) is 19.0 Å². The van der Waals surface area contributed by atoms with E-state index < -0.39 is 5.97 Å². The van der Waals surface area contributed by atoms with Crippen molar-refractivity contribution in [2.75, 3.05) is 19.8 Å². The number of ether oxygens (including phenoxy) is 3. The molecule has 0 aromatic rings. The first-order chi connectivity index (χ1) is 8.20. The Kier molecular flexibility index (Phi) is 8.15. The standard InChI is InChI=1S/C13H26O5/c1-10(16-7-6-12(14)15)8-17-11(2)9-18-13(3,4)5/h10-11H,6-9H2,1-5H3,(H,14,15). The SMILES string of the molecule is CC(COC(C)COC(C)(C)C)OCCC(=O)O. The van der Waals surface area contributed by atoms with Gasteiger partial charge in [0.05, 0.1) is 44.1 Å². The maximum atomic E-state index is 10.3. The maximum absolute atomic E-state index is 10.3. The summed E-state index contributed by atoms with van der Waals surface area (Å²) in [5, 5.41) is 8.46. The highest BCUT2D eigenvalue weighted by molar-refractivity contribution is 5.66. The van der Waals surface area contributed by atoms with Crippen LogP contribution in [0.5, 0.6) is 0 Å². The molecule has 0 aliphatic heterocycles. The van der Waals surface area contributed by atoms with E-state index in [0.29, 0.717) is 13.2 Å². The van der Waals surface area contributed by atoms with Crippen molar-refractivity contribution in [2.45, 2.75) is 58.8 Å². The van der Waals surface area contributed by atoms with Gasteiger partial charge in [0.15, 0.2) is 0 Å². The molecular weight excluding hydrogens is 236 g/mol. The lowest BCUT2D eigenvalue weighted by Gasteiger charge is -2.23. The Morgan fingerprint density at radius 1 is 1.11 bits per heavy atom. The number of carboxylic acids is 1. The first-order valence-electron chi connectivity index (χ1n) is 6.29. The van der Waals surface area contributed by atoms with Crippen LogP contribution in [0.25, 0.3) is 0 Å². The molecule has 0 saturated heterocycles. The van der Waals surface area contributed by atoms with Crippen LogP contribution >= 0.6 is 0 Å². The lowest BCUT2D eigenvalue weighted by atomic mass is 10.2. The van der Waals surface area contributed by atoms with Gasteiger partial charge >= 0.3 is 5.97 Å². The predicted molar refractivity (Wildman–Crippen MR) is 68.8 cm³/mol. The van der Waals surface area contributed by atoms with Crippen molar-refractivity contribution in [2.24, 2.45) is 0 Å². The van der Waals surface area contributed by atoms with Gasteiger partial charge in [-0.15, -0.1) is 0 Å². The lowest BCUT2D eigenvalue weighted by molar-refractivity contribution is -0.139. The molecule has 5 heteroatoms. The fraction of sp³-hybridized carbons (Fsp3) is 0.923. The van der Waals surface area contributed by atoms with Gasteiger partial charge in [-0.05, 0) is 34.6 Å². The predicted octanol–water partition coefficient (Wildman–Crippen LogP) is 2.09. The minimum absolute atomic E-state index is 0.00486. The van der Waals surface area contributed by atoms with Gasteiger partial charge in [0.25, 0.3) is 0 Å². The van der Waals surface area contributed by atoms with Crippen LogP contribution < -0.4 is 0 Å². The Labute approximate surface area is 109 Å². The highest BCUT2D eigenvalue weighted by atomic mass is 16.6. The van der Waals surface area contributed by atoms with E-state index in [1.165, 1.54) is 0 Å². The normalized spacial score (nSPS) is 15.4. The third kappa shape index (κ3) is 11.8. The van der Waals surface area contributed by atoms with Crippen LogP contribution in [0.2, 0.25) is 0 Å². The van der Waals surface area contributed by atoms with Crippen molar-refractivity contribution in [1.29, 1.82) is 0 Å². The molecular formula is C13H26O5. The van der Waals surface area contributed by atoms with Crippen LogP contribution in [0.1, 0.15) is 41.0 Å². The van der Waals surface area contributed by atoms with E-state index >= 15 is 0 Å². The highest BCUT2D eigenvalue weighted by Gasteiger charge is 2.13. The van der Waals surface area contributed by atoms with Gasteiger partial charge in [0.2, 0.25) is 0 Å². The summed E-state index contributed by atoms with van der Waals surface area (Å²) in [5.41, 5.74) is -0.165. The van der Waals surface area contributed by atoms with Crippen molar-refractivity contribution < 1.29 is 24.1 Å². The van der Waals surface area contributed by atoms with E-state index in [1.54, 1.807) is 0 Å². The molecule has 0 aliphatic carbocycles. The monoisotopic (exact) mass is 262 g/mol. The first kappa shape index (κ1) is 17.4. The molecule has 18 heavy (non-hydrogen) atoms. The van der Waals surface area contributed by atoms with Gasteiger partial charge in [0.1, 0.15) is 0 Å². The number of carboxylic acid groups (broad SMARTS) is 1. The smallest absolute Gasteiger partial charge is 0.305 e. The number of hydrogen-bond acceptors (Lipinski definition) is 4. The van der Waals surface area contributed by atoms with Crippen molar-refractivity contribution in [1.82, 2.24) is 0 Å². The zero-order chi connectivity index (χ0) is 14.2. The molecule has 0 bridgehead atoms. The topological polar surface area (TPSA) is 65.0 Å². The summed E-state index contributed by atoms with van der Waals surface area (Å²) in [5.74, 6) is -0.852. The molecule has 0 radical (unpaired) electrons. The maximum Gasteiger partial charge on any atom is 0.305 e. The second-order valence-corrected chi connectivity index (χ2v) is 5.39. The van der Waals surface area contributed by atoms with E-state index in [1.807, 2.05) is 34.6 Å². The van der Waals surface area contributed by atoms with Gasteiger partial charge in [-0.25, -0.2) is 0 Å². The number of rotatable bonds is 9.